The molecule has 4 rings (SSSR count). The fraction of sp³-hybridized carbons (Fsp3) is 0.273. The van der Waals surface area contributed by atoms with Gasteiger partial charge in [-0.05, 0) is 61.7 Å². The molecular weight excluding hydrogens is 423 g/mol. The van der Waals surface area contributed by atoms with Crippen LogP contribution in [0.1, 0.15) is 25.7 Å². The third-order valence-electron chi connectivity index (χ3n) is 5.20. The molecule has 0 aromatic heterocycles. The third-order valence-corrected chi connectivity index (χ3v) is 5.50. The third kappa shape index (κ3) is 4.59. The second-order valence-electron chi connectivity index (χ2n) is 7.40. The number of rotatable bonds is 4. The zero-order chi connectivity index (χ0) is 22.0. The second kappa shape index (κ2) is 8.85. The Morgan fingerprint density at radius 1 is 1.03 bits per heavy atom. The van der Waals surface area contributed by atoms with E-state index in [0.29, 0.717) is 10.7 Å². The van der Waals surface area contributed by atoms with Gasteiger partial charge >= 0.3 is 0 Å². The summed E-state index contributed by atoms with van der Waals surface area (Å²) < 4.78 is 13.2. The number of hydrazone groups is 1. The van der Waals surface area contributed by atoms with E-state index >= 15 is 0 Å². The van der Waals surface area contributed by atoms with Crippen molar-refractivity contribution in [1.29, 1.82) is 0 Å². The topological polar surface area (TPSA) is 82.1 Å². The monoisotopic (exact) mass is 442 g/mol. The zero-order valence-corrected chi connectivity index (χ0v) is 17.4. The highest BCUT2D eigenvalue weighted by molar-refractivity contribution is 6.69. The Morgan fingerprint density at radius 2 is 1.74 bits per heavy atom. The Hall–Kier alpha value is -3.26. The van der Waals surface area contributed by atoms with Gasteiger partial charge in [0.15, 0.2) is 11.5 Å². The van der Waals surface area contributed by atoms with E-state index in [2.05, 4.69) is 15.3 Å². The quantitative estimate of drug-likeness (QED) is 0.731. The molecule has 1 fully saturated rings. The molecule has 0 saturated carbocycles. The molecule has 2 amide bonds. The van der Waals surface area contributed by atoms with E-state index in [1.165, 1.54) is 30.7 Å². The highest BCUT2D eigenvalue weighted by atomic mass is 35.5. The van der Waals surface area contributed by atoms with E-state index in [1.54, 1.807) is 12.1 Å². The summed E-state index contributed by atoms with van der Waals surface area (Å²) in [7, 11) is 0. The molecule has 7 nitrogen and oxygen atoms in total. The van der Waals surface area contributed by atoms with Crippen LogP contribution in [0.4, 0.5) is 21.5 Å². The minimum atomic E-state index is -0.744. The first-order valence-corrected chi connectivity index (χ1v) is 10.4. The normalized spacial score (nSPS) is 16.9. The van der Waals surface area contributed by atoms with Crippen LogP contribution in [0.25, 0.3) is 0 Å². The SMILES string of the molecule is O=C1CC(=O)N(c2ccc(F)cc2)N=C1C(=O)Nc1ccc(N2CCCCC2)c(Cl)c1. The van der Waals surface area contributed by atoms with Crippen LogP contribution in [-0.4, -0.2) is 36.4 Å². The molecule has 2 aromatic rings. The summed E-state index contributed by atoms with van der Waals surface area (Å²) >= 11 is 6.42. The Bertz CT molecular complexity index is 1060. The Kier molecular flexibility index (Phi) is 5.99. The van der Waals surface area contributed by atoms with Gasteiger partial charge < -0.3 is 10.2 Å². The van der Waals surface area contributed by atoms with Crippen molar-refractivity contribution in [2.24, 2.45) is 5.10 Å². The van der Waals surface area contributed by atoms with E-state index in [1.807, 2.05) is 6.07 Å². The molecule has 0 bridgehead atoms. The van der Waals surface area contributed by atoms with Gasteiger partial charge in [-0.3, -0.25) is 14.4 Å². The van der Waals surface area contributed by atoms with Gasteiger partial charge in [-0.25, -0.2) is 4.39 Å². The number of anilines is 3. The maximum absolute atomic E-state index is 13.2. The molecule has 9 heteroatoms. The van der Waals surface area contributed by atoms with Crippen molar-refractivity contribution in [2.75, 3.05) is 28.3 Å². The summed E-state index contributed by atoms with van der Waals surface area (Å²) in [5.41, 5.74) is 1.17. The van der Waals surface area contributed by atoms with Gasteiger partial charge in [-0.15, -0.1) is 0 Å². The summed E-state index contributed by atoms with van der Waals surface area (Å²) in [6, 6.07) is 10.2. The second-order valence-corrected chi connectivity index (χ2v) is 7.81. The first-order valence-electron chi connectivity index (χ1n) is 9.98. The van der Waals surface area contributed by atoms with Gasteiger partial charge in [-0.1, -0.05) is 11.6 Å². The van der Waals surface area contributed by atoms with Crippen molar-refractivity contribution >= 4 is 52.0 Å². The van der Waals surface area contributed by atoms with E-state index in [9.17, 15) is 18.8 Å². The smallest absolute Gasteiger partial charge is 0.279 e. The van der Waals surface area contributed by atoms with E-state index in [0.717, 1.165) is 36.6 Å². The number of piperidine rings is 1. The number of Topliss-reactive ketones (excluding diaryl/α,β-unsaturated/α-hetero) is 1. The summed E-state index contributed by atoms with van der Waals surface area (Å²) in [6.45, 7) is 1.87. The number of carbonyl (C=O) groups excluding carboxylic acids is 3. The van der Waals surface area contributed by atoms with Gasteiger partial charge in [0.05, 0.1) is 22.8 Å². The van der Waals surface area contributed by atoms with Crippen LogP contribution in [0.3, 0.4) is 0 Å². The Labute approximate surface area is 183 Å². The standard InChI is InChI=1S/C22H20ClFN4O3/c23-17-12-15(6-9-18(17)27-10-2-1-3-11-27)25-22(31)21-19(29)13-20(30)28(26-21)16-7-4-14(24)5-8-16/h4-9,12H,1-3,10-11,13H2,(H,25,31). The van der Waals surface area contributed by atoms with Gasteiger partial charge in [0.2, 0.25) is 0 Å². The number of benzene rings is 2. The molecule has 0 spiro atoms. The number of amides is 2. The van der Waals surface area contributed by atoms with Crippen LogP contribution in [0.15, 0.2) is 47.6 Å². The van der Waals surface area contributed by atoms with Gasteiger partial charge in [0, 0.05) is 18.8 Å². The number of halogens is 2. The van der Waals surface area contributed by atoms with Crippen LogP contribution >= 0.6 is 11.6 Å². The molecule has 0 radical (unpaired) electrons. The van der Waals surface area contributed by atoms with Crippen LogP contribution in [0.2, 0.25) is 5.02 Å². The number of ketones is 1. The molecule has 2 aliphatic heterocycles. The summed E-state index contributed by atoms with van der Waals surface area (Å²) in [5, 5.41) is 7.98. The summed E-state index contributed by atoms with van der Waals surface area (Å²) in [4.78, 5) is 39.4. The number of nitrogens with zero attached hydrogens (tertiary/aromatic N) is 3. The fourth-order valence-corrected chi connectivity index (χ4v) is 3.93. The number of nitrogens with one attached hydrogen (secondary N) is 1. The number of hydrogen-bond donors (Lipinski definition) is 1. The highest BCUT2D eigenvalue weighted by Crippen LogP contribution is 2.31. The van der Waals surface area contributed by atoms with E-state index in [4.69, 9.17) is 11.6 Å². The average molecular weight is 443 g/mol. The predicted molar refractivity (Wildman–Crippen MR) is 117 cm³/mol. The molecule has 0 atom stereocenters. The first-order chi connectivity index (χ1) is 14.9. The van der Waals surface area contributed by atoms with Gasteiger partial charge in [0.25, 0.3) is 11.8 Å². The average Bonchev–Trinajstić information content (AvgIpc) is 2.75. The molecule has 31 heavy (non-hydrogen) atoms. The molecule has 1 saturated heterocycles. The summed E-state index contributed by atoms with van der Waals surface area (Å²) in [5.74, 6) is -2.50. The van der Waals surface area contributed by atoms with Gasteiger partial charge in [0.1, 0.15) is 5.82 Å². The lowest BCUT2D eigenvalue weighted by molar-refractivity contribution is -0.124. The number of carbonyl (C=O) groups is 3. The van der Waals surface area contributed by atoms with Crippen molar-refractivity contribution in [3.8, 4) is 0 Å². The molecule has 0 unspecified atom stereocenters. The largest absolute Gasteiger partial charge is 0.370 e. The fourth-order valence-electron chi connectivity index (χ4n) is 3.63. The molecule has 2 aromatic carbocycles. The van der Waals surface area contributed by atoms with E-state index in [-0.39, 0.29) is 5.69 Å². The summed E-state index contributed by atoms with van der Waals surface area (Å²) in [6.07, 6.45) is 2.92. The molecule has 0 aliphatic carbocycles. The first kappa shape index (κ1) is 21.0. The minimum absolute atomic E-state index is 0.262. The van der Waals surface area contributed by atoms with Crippen molar-refractivity contribution in [2.45, 2.75) is 25.7 Å². The molecule has 1 N–H and O–H groups in total. The molecule has 2 aliphatic rings. The van der Waals surface area contributed by atoms with Crippen molar-refractivity contribution < 1.29 is 18.8 Å². The number of hydrogen-bond acceptors (Lipinski definition) is 5. The van der Waals surface area contributed by atoms with Crippen molar-refractivity contribution in [3.05, 3.63) is 53.3 Å². The van der Waals surface area contributed by atoms with Crippen molar-refractivity contribution in [1.82, 2.24) is 0 Å². The van der Waals surface area contributed by atoms with Gasteiger partial charge in [-0.2, -0.15) is 10.1 Å². The van der Waals surface area contributed by atoms with Crippen LogP contribution in [0.5, 0.6) is 0 Å². The van der Waals surface area contributed by atoms with Crippen LogP contribution in [0, 0.1) is 5.82 Å². The maximum Gasteiger partial charge on any atom is 0.279 e. The van der Waals surface area contributed by atoms with Crippen LogP contribution < -0.4 is 15.2 Å². The van der Waals surface area contributed by atoms with Crippen LogP contribution in [-0.2, 0) is 14.4 Å². The predicted octanol–water partition coefficient (Wildman–Crippen LogP) is 3.77. The molecular formula is C22H20ClFN4O3. The van der Waals surface area contributed by atoms with E-state index < -0.39 is 35.5 Å². The highest BCUT2D eigenvalue weighted by Gasteiger charge is 2.32. The Morgan fingerprint density at radius 3 is 2.42 bits per heavy atom. The maximum atomic E-state index is 13.2. The Balaban J connectivity index is 1.53. The molecule has 160 valence electrons. The van der Waals surface area contributed by atoms with Crippen molar-refractivity contribution in [3.63, 3.8) is 0 Å². The zero-order valence-electron chi connectivity index (χ0n) is 16.6. The molecule has 2 heterocycles. The lowest BCUT2D eigenvalue weighted by atomic mass is 10.1. The minimum Gasteiger partial charge on any atom is -0.370 e. The lowest BCUT2D eigenvalue weighted by Gasteiger charge is -2.29. The lowest BCUT2D eigenvalue weighted by Crippen LogP contribution is -2.42.